The van der Waals surface area contributed by atoms with Gasteiger partial charge in [0.1, 0.15) is 0 Å². The first-order chi connectivity index (χ1) is 10.6. The van der Waals surface area contributed by atoms with Gasteiger partial charge in [0.2, 0.25) is 0 Å². The topological polar surface area (TPSA) is 72.2 Å². The summed E-state index contributed by atoms with van der Waals surface area (Å²) in [6.45, 7) is 2.62. The summed E-state index contributed by atoms with van der Waals surface area (Å²) in [6, 6.07) is 15.6. The summed E-state index contributed by atoms with van der Waals surface area (Å²) < 4.78 is 0. The van der Waals surface area contributed by atoms with Gasteiger partial charge in [0, 0.05) is 30.2 Å². The molecule has 114 valence electrons. The Kier molecular flexibility index (Phi) is 5.25. The van der Waals surface area contributed by atoms with Crippen LogP contribution in [-0.4, -0.2) is 17.4 Å². The Morgan fingerprint density at radius 1 is 1.14 bits per heavy atom. The van der Waals surface area contributed by atoms with E-state index in [0.717, 1.165) is 6.42 Å². The number of hydrogen-bond acceptors (Lipinski definition) is 3. The Balaban J connectivity index is 1.98. The molecule has 0 fully saturated rings. The molecule has 0 aliphatic carbocycles. The van der Waals surface area contributed by atoms with Crippen LogP contribution in [0, 0.1) is 10.1 Å². The minimum Gasteiger partial charge on any atom is -0.351 e. The van der Waals surface area contributed by atoms with Crippen molar-refractivity contribution < 1.29 is 9.72 Å². The van der Waals surface area contributed by atoms with Crippen LogP contribution in [0.3, 0.4) is 0 Å². The van der Waals surface area contributed by atoms with Gasteiger partial charge in [-0.05, 0) is 24.1 Å². The zero-order valence-corrected chi connectivity index (χ0v) is 12.4. The molecule has 1 atom stereocenters. The van der Waals surface area contributed by atoms with Gasteiger partial charge in [0.15, 0.2) is 0 Å². The molecular weight excluding hydrogens is 280 g/mol. The number of benzene rings is 2. The molecule has 1 N–H and O–H groups in total. The Morgan fingerprint density at radius 3 is 2.32 bits per heavy atom. The van der Waals surface area contributed by atoms with Gasteiger partial charge in [-0.25, -0.2) is 0 Å². The molecule has 0 aliphatic heterocycles. The van der Waals surface area contributed by atoms with E-state index in [0.29, 0.717) is 12.1 Å². The highest BCUT2D eigenvalue weighted by atomic mass is 16.6. The van der Waals surface area contributed by atoms with E-state index in [-0.39, 0.29) is 17.5 Å². The molecule has 0 bridgehead atoms. The summed E-state index contributed by atoms with van der Waals surface area (Å²) in [5, 5.41) is 13.5. The van der Waals surface area contributed by atoms with E-state index in [1.807, 2.05) is 30.3 Å². The molecule has 1 unspecified atom stereocenters. The Hall–Kier alpha value is -2.69. The van der Waals surface area contributed by atoms with Crippen molar-refractivity contribution in [2.75, 3.05) is 6.54 Å². The number of nitro groups is 1. The van der Waals surface area contributed by atoms with Crippen molar-refractivity contribution in [2.45, 2.75) is 19.3 Å². The molecule has 0 aliphatic rings. The Morgan fingerprint density at radius 2 is 1.77 bits per heavy atom. The molecule has 0 heterocycles. The summed E-state index contributed by atoms with van der Waals surface area (Å²) >= 11 is 0. The molecular formula is C17H18N2O3. The van der Waals surface area contributed by atoms with Crippen LogP contribution in [0.4, 0.5) is 5.69 Å². The summed E-state index contributed by atoms with van der Waals surface area (Å²) in [5.74, 6) is 0.0347. The van der Waals surface area contributed by atoms with Gasteiger partial charge in [-0.15, -0.1) is 0 Å². The van der Waals surface area contributed by atoms with E-state index >= 15 is 0 Å². The molecule has 0 saturated heterocycles. The molecule has 5 heteroatoms. The summed E-state index contributed by atoms with van der Waals surface area (Å²) in [4.78, 5) is 22.2. The molecule has 2 aromatic rings. The van der Waals surface area contributed by atoms with E-state index < -0.39 is 4.92 Å². The lowest BCUT2D eigenvalue weighted by molar-refractivity contribution is -0.384. The average molecular weight is 298 g/mol. The number of hydrogen-bond donors (Lipinski definition) is 1. The van der Waals surface area contributed by atoms with E-state index in [2.05, 4.69) is 12.2 Å². The lowest BCUT2D eigenvalue weighted by Crippen LogP contribution is -2.28. The third-order valence-electron chi connectivity index (χ3n) is 3.61. The second-order valence-electron chi connectivity index (χ2n) is 5.03. The molecule has 0 spiro atoms. The number of amides is 1. The number of nitrogens with zero attached hydrogens (tertiary/aromatic N) is 1. The minimum absolute atomic E-state index is 0.0210. The average Bonchev–Trinajstić information content (AvgIpc) is 2.56. The molecule has 0 radical (unpaired) electrons. The van der Waals surface area contributed by atoms with Gasteiger partial charge in [-0.2, -0.15) is 0 Å². The van der Waals surface area contributed by atoms with Crippen LogP contribution in [0.1, 0.15) is 35.2 Å². The first-order valence-corrected chi connectivity index (χ1v) is 7.19. The van der Waals surface area contributed by atoms with Crippen LogP contribution in [0.5, 0.6) is 0 Å². The molecule has 0 aromatic heterocycles. The fourth-order valence-electron chi connectivity index (χ4n) is 2.28. The highest BCUT2D eigenvalue weighted by Gasteiger charge is 2.13. The normalized spacial score (nSPS) is 11.7. The van der Waals surface area contributed by atoms with Crippen LogP contribution in [0.25, 0.3) is 0 Å². The molecule has 0 saturated carbocycles. The summed E-state index contributed by atoms with van der Waals surface area (Å²) in [5.41, 5.74) is 1.59. The molecule has 1 amide bonds. The fraction of sp³-hybridized carbons (Fsp3) is 0.235. The van der Waals surface area contributed by atoms with Crippen molar-refractivity contribution in [2.24, 2.45) is 0 Å². The van der Waals surface area contributed by atoms with E-state index in [1.54, 1.807) is 0 Å². The largest absolute Gasteiger partial charge is 0.351 e. The highest BCUT2D eigenvalue weighted by Crippen LogP contribution is 2.18. The second-order valence-corrected chi connectivity index (χ2v) is 5.03. The monoisotopic (exact) mass is 298 g/mol. The minimum atomic E-state index is -0.482. The van der Waals surface area contributed by atoms with Crippen molar-refractivity contribution in [1.82, 2.24) is 5.32 Å². The standard InChI is InChI=1S/C17H18N2O3/c1-2-13(14-6-4-3-5-7-14)12-18-17(20)15-8-10-16(11-9-15)19(21)22/h3-11,13H,2,12H2,1H3,(H,18,20). The van der Waals surface area contributed by atoms with Crippen molar-refractivity contribution in [3.63, 3.8) is 0 Å². The van der Waals surface area contributed by atoms with Crippen LogP contribution in [0.15, 0.2) is 54.6 Å². The van der Waals surface area contributed by atoms with Crippen LogP contribution in [-0.2, 0) is 0 Å². The molecule has 22 heavy (non-hydrogen) atoms. The Bertz CT molecular complexity index is 639. The van der Waals surface area contributed by atoms with Crippen molar-refractivity contribution in [3.8, 4) is 0 Å². The number of carbonyl (C=O) groups is 1. The Labute approximate surface area is 129 Å². The lowest BCUT2D eigenvalue weighted by atomic mass is 9.96. The number of rotatable bonds is 6. The lowest BCUT2D eigenvalue weighted by Gasteiger charge is -2.16. The van der Waals surface area contributed by atoms with E-state index in [1.165, 1.54) is 29.8 Å². The molecule has 5 nitrogen and oxygen atoms in total. The summed E-state index contributed by atoms with van der Waals surface area (Å²) in [6.07, 6.45) is 0.921. The quantitative estimate of drug-likeness (QED) is 0.655. The number of non-ortho nitro benzene ring substituents is 1. The van der Waals surface area contributed by atoms with Gasteiger partial charge in [0.05, 0.1) is 4.92 Å². The SMILES string of the molecule is CCC(CNC(=O)c1ccc([N+](=O)[O-])cc1)c1ccccc1. The van der Waals surface area contributed by atoms with Gasteiger partial charge < -0.3 is 5.32 Å². The van der Waals surface area contributed by atoms with Crippen LogP contribution < -0.4 is 5.32 Å². The first kappa shape index (κ1) is 15.7. The summed E-state index contributed by atoms with van der Waals surface area (Å²) in [7, 11) is 0. The number of nitro benzene ring substituents is 1. The van der Waals surface area contributed by atoms with Crippen LogP contribution in [0.2, 0.25) is 0 Å². The third kappa shape index (κ3) is 3.91. The number of carbonyl (C=O) groups excluding carboxylic acids is 1. The second kappa shape index (κ2) is 7.36. The van der Waals surface area contributed by atoms with Crippen molar-refractivity contribution in [3.05, 3.63) is 75.8 Å². The smallest absolute Gasteiger partial charge is 0.269 e. The van der Waals surface area contributed by atoms with E-state index in [4.69, 9.17) is 0 Å². The van der Waals surface area contributed by atoms with Crippen molar-refractivity contribution >= 4 is 11.6 Å². The third-order valence-corrected chi connectivity index (χ3v) is 3.61. The molecule has 2 aromatic carbocycles. The van der Waals surface area contributed by atoms with Gasteiger partial charge in [-0.1, -0.05) is 37.3 Å². The van der Waals surface area contributed by atoms with Crippen molar-refractivity contribution in [1.29, 1.82) is 0 Å². The maximum atomic E-state index is 12.1. The fourth-order valence-corrected chi connectivity index (χ4v) is 2.28. The van der Waals surface area contributed by atoms with Crippen LogP contribution >= 0.6 is 0 Å². The predicted octanol–water partition coefficient (Wildman–Crippen LogP) is 3.52. The van der Waals surface area contributed by atoms with E-state index in [9.17, 15) is 14.9 Å². The van der Waals surface area contributed by atoms with Gasteiger partial charge in [0.25, 0.3) is 11.6 Å². The number of nitrogens with one attached hydrogen (secondary N) is 1. The maximum Gasteiger partial charge on any atom is 0.269 e. The predicted molar refractivity (Wildman–Crippen MR) is 84.9 cm³/mol. The van der Waals surface area contributed by atoms with Gasteiger partial charge >= 0.3 is 0 Å². The zero-order valence-electron chi connectivity index (χ0n) is 12.4. The highest BCUT2D eigenvalue weighted by molar-refractivity contribution is 5.94. The van der Waals surface area contributed by atoms with Gasteiger partial charge in [-0.3, -0.25) is 14.9 Å². The first-order valence-electron chi connectivity index (χ1n) is 7.19. The molecule has 2 rings (SSSR count). The zero-order chi connectivity index (χ0) is 15.9. The maximum absolute atomic E-state index is 12.1.